The third-order valence-electron chi connectivity index (χ3n) is 3.20. The lowest BCUT2D eigenvalue weighted by molar-refractivity contribution is -0.385. The van der Waals surface area contributed by atoms with E-state index >= 15 is 0 Å². The van der Waals surface area contributed by atoms with Crippen molar-refractivity contribution in [1.82, 2.24) is 19.7 Å². The van der Waals surface area contributed by atoms with E-state index in [1.54, 1.807) is 18.7 Å². The van der Waals surface area contributed by atoms with Crippen LogP contribution in [0.25, 0.3) is 5.82 Å². The van der Waals surface area contributed by atoms with Crippen LogP contribution in [0, 0.1) is 17.0 Å². The summed E-state index contributed by atoms with van der Waals surface area (Å²) < 4.78 is 1.55. The third-order valence-corrected chi connectivity index (χ3v) is 3.20. The number of hydrogen-bond acceptors (Lipinski definition) is 6. The Balaban J connectivity index is 2.74. The first-order chi connectivity index (χ1) is 10.0. The summed E-state index contributed by atoms with van der Waals surface area (Å²) in [6, 6.07) is 1.94. The number of rotatable bonds is 5. The summed E-state index contributed by atoms with van der Waals surface area (Å²) in [6.07, 6.45) is 1.47. The minimum absolute atomic E-state index is 0.116. The molecule has 8 heteroatoms. The molecule has 0 aromatic carbocycles. The molecule has 0 fully saturated rings. The first kappa shape index (κ1) is 14.9. The van der Waals surface area contributed by atoms with E-state index in [0.717, 1.165) is 17.8 Å². The Morgan fingerprint density at radius 2 is 2.05 bits per heavy atom. The predicted octanol–water partition coefficient (Wildman–Crippen LogP) is 2.05. The van der Waals surface area contributed by atoms with Crippen LogP contribution in [-0.2, 0) is 12.8 Å². The second-order valence-electron chi connectivity index (χ2n) is 4.56. The number of aromatic nitrogens is 4. The third kappa shape index (κ3) is 2.69. The zero-order valence-corrected chi connectivity index (χ0v) is 12.5. The molecule has 21 heavy (non-hydrogen) atoms. The Morgan fingerprint density at radius 1 is 1.33 bits per heavy atom. The molecule has 0 unspecified atom stereocenters. The van der Waals surface area contributed by atoms with Crippen molar-refractivity contribution in [2.24, 2.45) is 0 Å². The maximum absolute atomic E-state index is 11.4. The van der Waals surface area contributed by atoms with Gasteiger partial charge in [0.15, 0.2) is 0 Å². The average molecular weight is 290 g/mol. The SMILES string of the molecule is CCc1cc(CC)n(-c2nc(NC)nc(C)c2[N+](=O)[O-])n1. The van der Waals surface area contributed by atoms with Crippen molar-refractivity contribution in [2.75, 3.05) is 12.4 Å². The van der Waals surface area contributed by atoms with Crippen molar-refractivity contribution in [3.8, 4) is 5.82 Å². The normalized spacial score (nSPS) is 10.7. The van der Waals surface area contributed by atoms with E-state index < -0.39 is 4.92 Å². The van der Waals surface area contributed by atoms with Crippen molar-refractivity contribution in [3.63, 3.8) is 0 Å². The van der Waals surface area contributed by atoms with Gasteiger partial charge in [0, 0.05) is 12.7 Å². The number of nitrogens with zero attached hydrogens (tertiary/aromatic N) is 5. The average Bonchev–Trinajstić information content (AvgIpc) is 2.89. The minimum atomic E-state index is -0.461. The van der Waals surface area contributed by atoms with Gasteiger partial charge in [0.1, 0.15) is 5.69 Å². The number of aryl methyl sites for hydroxylation is 3. The molecule has 0 atom stereocenters. The van der Waals surface area contributed by atoms with Crippen LogP contribution in [0.4, 0.5) is 11.6 Å². The lowest BCUT2D eigenvalue weighted by Crippen LogP contribution is -2.12. The fraction of sp³-hybridized carbons (Fsp3) is 0.462. The molecule has 2 aromatic rings. The Hall–Kier alpha value is -2.51. The molecule has 0 spiro atoms. The highest BCUT2D eigenvalue weighted by atomic mass is 16.6. The van der Waals surface area contributed by atoms with Gasteiger partial charge in [-0.2, -0.15) is 10.1 Å². The van der Waals surface area contributed by atoms with E-state index in [1.807, 2.05) is 19.9 Å². The molecule has 0 aliphatic rings. The fourth-order valence-corrected chi connectivity index (χ4v) is 2.11. The number of hydrogen-bond donors (Lipinski definition) is 1. The van der Waals surface area contributed by atoms with E-state index in [4.69, 9.17) is 0 Å². The molecule has 2 heterocycles. The van der Waals surface area contributed by atoms with E-state index in [0.29, 0.717) is 18.1 Å². The summed E-state index contributed by atoms with van der Waals surface area (Å²) in [6.45, 7) is 5.57. The second-order valence-corrected chi connectivity index (χ2v) is 4.56. The summed E-state index contributed by atoms with van der Waals surface area (Å²) in [5.74, 6) is 0.539. The zero-order chi connectivity index (χ0) is 15.6. The Labute approximate surface area is 122 Å². The van der Waals surface area contributed by atoms with E-state index in [1.165, 1.54) is 0 Å². The maximum Gasteiger partial charge on any atom is 0.334 e. The van der Waals surface area contributed by atoms with Gasteiger partial charge in [0.25, 0.3) is 0 Å². The molecule has 0 aliphatic carbocycles. The smallest absolute Gasteiger partial charge is 0.334 e. The Morgan fingerprint density at radius 3 is 2.57 bits per heavy atom. The molecule has 0 saturated carbocycles. The first-order valence-electron chi connectivity index (χ1n) is 6.80. The summed E-state index contributed by atoms with van der Waals surface area (Å²) in [7, 11) is 1.67. The summed E-state index contributed by atoms with van der Waals surface area (Å²) >= 11 is 0. The van der Waals surface area contributed by atoms with Gasteiger partial charge >= 0.3 is 5.69 Å². The lowest BCUT2D eigenvalue weighted by atomic mass is 10.2. The van der Waals surface area contributed by atoms with Crippen molar-refractivity contribution < 1.29 is 4.92 Å². The molecule has 0 aliphatic heterocycles. The molecule has 2 rings (SSSR count). The monoisotopic (exact) mass is 290 g/mol. The molecule has 2 aromatic heterocycles. The molecule has 0 amide bonds. The largest absolute Gasteiger partial charge is 0.357 e. The Bertz CT molecular complexity index is 680. The van der Waals surface area contributed by atoms with Gasteiger partial charge in [-0.25, -0.2) is 9.67 Å². The van der Waals surface area contributed by atoms with E-state index in [2.05, 4.69) is 20.4 Å². The molecule has 0 radical (unpaired) electrons. The predicted molar refractivity (Wildman–Crippen MR) is 78.8 cm³/mol. The minimum Gasteiger partial charge on any atom is -0.357 e. The van der Waals surface area contributed by atoms with Gasteiger partial charge in [-0.3, -0.25) is 10.1 Å². The first-order valence-corrected chi connectivity index (χ1v) is 6.80. The highest BCUT2D eigenvalue weighted by molar-refractivity contribution is 5.53. The van der Waals surface area contributed by atoms with Crippen LogP contribution in [0.5, 0.6) is 0 Å². The topological polar surface area (TPSA) is 98.8 Å². The molecule has 1 N–H and O–H groups in total. The van der Waals surface area contributed by atoms with Gasteiger partial charge in [-0.15, -0.1) is 0 Å². The second kappa shape index (κ2) is 5.86. The zero-order valence-electron chi connectivity index (χ0n) is 12.5. The van der Waals surface area contributed by atoms with Crippen LogP contribution >= 0.6 is 0 Å². The van der Waals surface area contributed by atoms with Crippen molar-refractivity contribution in [1.29, 1.82) is 0 Å². The summed E-state index contributed by atoms with van der Waals surface area (Å²) in [5.41, 5.74) is 1.96. The molecule has 112 valence electrons. The van der Waals surface area contributed by atoms with Gasteiger partial charge < -0.3 is 5.32 Å². The van der Waals surface area contributed by atoms with Gasteiger partial charge in [0.2, 0.25) is 11.8 Å². The standard InChI is InChI=1S/C13H18N6O2/c1-5-9-7-10(6-2)18(17-9)12-11(19(20)21)8(3)15-13(14-4)16-12/h7H,5-6H2,1-4H3,(H,14,15,16). The van der Waals surface area contributed by atoms with Crippen LogP contribution in [0.1, 0.15) is 30.9 Å². The van der Waals surface area contributed by atoms with E-state index in [9.17, 15) is 10.1 Å². The quantitative estimate of drug-likeness (QED) is 0.668. The number of anilines is 1. The van der Waals surface area contributed by atoms with E-state index in [-0.39, 0.29) is 11.5 Å². The van der Waals surface area contributed by atoms with Crippen LogP contribution < -0.4 is 5.32 Å². The molecular formula is C13H18N6O2. The van der Waals surface area contributed by atoms with Gasteiger partial charge in [-0.1, -0.05) is 13.8 Å². The lowest BCUT2D eigenvalue weighted by Gasteiger charge is -2.09. The van der Waals surface area contributed by atoms with Crippen molar-refractivity contribution in [3.05, 3.63) is 33.3 Å². The highest BCUT2D eigenvalue weighted by Gasteiger charge is 2.25. The molecule has 0 bridgehead atoms. The number of nitro groups is 1. The van der Waals surface area contributed by atoms with Gasteiger partial charge in [0.05, 0.1) is 10.6 Å². The van der Waals surface area contributed by atoms with Crippen LogP contribution in [0.2, 0.25) is 0 Å². The van der Waals surface area contributed by atoms with Crippen LogP contribution in [0.15, 0.2) is 6.07 Å². The Kier molecular flexibility index (Phi) is 4.15. The highest BCUT2D eigenvalue weighted by Crippen LogP contribution is 2.26. The number of nitrogens with one attached hydrogen (secondary N) is 1. The van der Waals surface area contributed by atoms with Crippen molar-refractivity contribution in [2.45, 2.75) is 33.6 Å². The molecule has 8 nitrogen and oxygen atoms in total. The molecule has 0 saturated heterocycles. The summed E-state index contributed by atoms with van der Waals surface area (Å²) in [4.78, 5) is 19.2. The molecular weight excluding hydrogens is 272 g/mol. The maximum atomic E-state index is 11.4. The van der Waals surface area contributed by atoms with Crippen molar-refractivity contribution >= 4 is 11.6 Å². The van der Waals surface area contributed by atoms with Gasteiger partial charge in [-0.05, 0) is 25.8 Å². The van der Waals surface area contributed by atoms with Crippen LogP contribution in [-0.4, -0.2) is 31.7 Å². The van der Waals surface area contributed by atoms with Crippen LogP contribution in [0.3, 0.4) is 0 Å². The summed E-state index contributed by atoms with van der Waals surface area (Å²) in [5, 5.41) is 18.6. The fourth-order valence-electron chi connectivity index (χ4n) is 2.11.